The Morgan fingerprint density at radius 3 is 2.79 bits per heavy atom. The zero-order valence-corrected chi connectivity index (χ0v) is 8.34. The summed E-state index contributed by atoms with van der Waals surface area (Å²) in [6, 6.07) is 12.5. The molecular weight excluding hydrogens is 190 g/mol. The Labute approximate surface area is 85.0 Å². The molecule has 1 atom stereocenters. The molecule has 0 saturated heterocycles. The Morgan fingerprint density at radius 1 is 1.00 bits per heavy atom. The molecule has 1 unspecified atom stereocenters. The highest BCUT2D eigenvalue weighted by atomic mass is 32.2. The third kappa shape index (κ3) is 0.976. The SMILES string of the molecule is N=S1C=Cc2c1ccc1ccccc21. The lowest BCUT2D eigenvalue weighted by molar-refractivity contribution is 1.46. The maximum atomic E-state index is 7.83. The Kier molecular flexibility index (Phi) is 1.58. The summed E-state index contributed by atoms with van der Waals surface area (Å²) in [7, 11) is -0.434. The number of hydrogen-bond acceptors (Lipinski definition) is 1. The van der Waals surface area contributed by atoms with Crippen LogP contribution in [0.4, 0.5) is 0 Å². The maximum Gasteiger partial charge on any atom is 0.0302 e. The highest BCUT2D eigenvalue weighted by Crippen LogP contribution is 2.30. The van der Waals surface area contributed by atoms with Gasteiger partial charge in [-0.3, -0.25) is 4.78 Å². The molecule has 1 N–H and O–H groups in total. The average molecular weight is 199 g/mol. The molecule has 68 valence electrons. The summed E-state index contributed by atoms with van der Waals surface area (Å²) in [4.78, 5) is 1.16. The van der Waals surface area contributed by atoms with Crippen LogP contribution in [0.5, 0.6) is 0 Å². The van der Waals surface area contributed by atoms with Gasteiger partial charge in [0, 0.05) is 4.90 Å². The van der Waals surface area contributed by atoms with E-state index in [4.69, 9.17) is 4.78 Å². The largest absolute Gasteiger partial charge is 0.271 e. The number of fused-ring (bicyclic) bond motifs is 3. The second-order valence-electron chi connectivity index (χ2n) is 3.34. The van der Waals surface area contributed by atoms with Crippen LogP contribution in [0.2, 0.25) is 0 Å². The van der Waals surface area contributed by atoms with Crippen molar-refractivity contribution >= 4 is 27.5 Å². The molecule has 0 bridgehead atoms. The maximum absolute atomic E-state index is 7.83. The van der Waals surface area contributed by atoms with Gasteiger partial charge >= 0.3 is 0 Å². The van der Waals surface area contributed by atoms with E-state index in [2.05, 4.69) is 36.4 Å². The van der Waals surface area contributed by atoms with E-state index in [1.807, 2.05) is 11.5 Å². The number of benzene rings is 2. The van der Waals surface area contributed by atoms with E-state index < -0.39 is 10.7 Å². The molecule has 0 radical (unpaired) electrons. The molecule has 1 aliphatic heterocycles. The monoisotopic (exact) mass is 199 g/mol. The summed E-state index contributed by atoms with van der Waals surface area (Å²) in [5, 5.41) is 4.50. The van der Waals surface area contributed by atoms with E-state index in [1.165, 1.54) is 16.3 Å². The fraction of sp³-hybridized carbons (Fsp3) is 0. The van der Waals surface area contributed by atoms with Crippen LogP contribution >= 0.6 is 0 Å². The van der Waals surface area contributed by atoms with Gasteiger partial charge < -0.3 is 0 Å². The van der Waals surface area contributed by atoms with Gasteiger partial charge in [-0.05, 0) is 44.6 Å². The van der Waals surface area contributed by atoms with Crippen LogP contribution in [0, 0.1) is 4.78 Å². The fourth-order valence-electron chi connectivity index (χ4n) is 1.85. The second kappa shape index (κ2) is 2.79. The first-order valence-electron chi connectivity index (χ1n) is 4.50. The zero-order chi connectivity index (χ0) is 9.54. The van der Waals surface area contributed by atoms with Gasteiger partial charge in [-0.2, -0.15) is 0 Å². The molecule has 1 aliphatic rings. The first kappa shape index (κ1) is 7.94. The van der Waals surface area contributed by atoms with Crippen LogP contribution in [0.1, 0.15) is 5.56 Å². The Hall–Kier alpha value is -1.41. The zero-order valence-electron chi connectivity index (χ0n) is 7.53. The molecule has 1 heterocycles. The minimum Gasteiger partial charge on any atom is -0.271 e. The lowest BCUT2D eigenvalue weighted by Gasteiger charge is -2.03. The summed E-state index contributed by atoms with van der Waals surface area (Å²) >= 11 is 0. The quantitative estimate of drug-likeness (QED) is 0.670. The highest BCUT2D eigenvalue weighted by molar-refractivity contribution is 7.89. The van der Waals surface area contributed by atoms with Gasteiger partial charge in [0.2, 0.25) is 0 Å². The predicted octanol–water partition coefficient (Wildman–Crippen LogP) is 3.56. The van der Waals surface area contributed by atoms with Crippen molar-refractivity contribution in [2.45, 2.75) is 4.90 Å². The lowest BCUT2D eigenvalue weighted by atomic mass is 10.1. The van der Waals surface area contributed by atoms with E-state index in [-0.39, 0.29) is 0 Å². The van der Waals surface area contributed by atoms with Crippen LogP contribution in [-0.2, 0) is 10.7 Å². The summed E-state index contributed by atoms with van der Waals surface area (Å²) in [5.74, 6) is 0. The van der Waals surface area contributed by atoms with Crippen molar-refractivity contribution in [3.8, 4) is 0 Å². The van der Waals surface area contributed by atoms with Gasteiger partial charge in [-0.25, -0.2) is 0 Å². The summed E-state index contributed by atoms with van der Waals surface area (Å²) < 4.78 is 7.83. The smallest absolute Gasteiger partial charge is 0.0302 e. The van der Waals surface area contributed by atoms with Crippen LogP contribution in [0.3, 0.4) is 0 Å². The predicted molar refractivity (Wildman–Crippen MR) is 61.3 cm³/mol. The third-order valence-electron chi connectivity index (χ3n) is 2.54. The highest BCUT2D eigenvalue weighted by Gasteiger charge is 2.11. The molecule has 0 saturated carbocycles. The molecule has 2 aromatic carbocycles. The van der Waals surface area contributed by atoms with Gasteiger partial charge in [0.25, 0.3) is 0 Å². The normalized spacial score (nSPS) is 18.7. The number of hydrogen-bond donors (Lipinski definition) is 1. The topological polar surface area (TPSA) is 23.9 Å². The number of rotatable bonds is 0. The molecule has 3 rings (SSSR count). The summed E-state index contributed by atoms with van der Waals surface area (Å²) in [6.07, 6.45) is 2.08. The molecule has 0 amide bonds. The van der Waals surface area contributed by atoms with Gasteiger partial charge in [-0.1, -0.05) is 30.3 Å². The van der Waals surface area contributed by atoms with Crippen LogP contribution in [0.25, 0.3) is 16.8 Å². The van der Waals surface area contributed by atoms with E-state index in [0.29, 0.717) is 0 Å². The molecule has 2 aromatic rings. The van der Waals surface area contributed by atoms with Gasteiger partial charge in [0.05, 0.1) is 0 Å². The van der Waals surface area contributed by atoms with Crippen molar-refractivity contribution in [1.29, 1.82) is 4.78 Å². The Bertz CT molecular complexity index is 570. The second-order valence-corrected chi connectivity index (χ2v) is 4.73. The van der Waals surface area contributed by atoms with Gasteiger partial charge in [0.15, 0.2) is 0 Å². The van der Waals surface area contributed by atoms with Crippen molar-refractivity contribution in [2.75, 3.05) is 0 Å². The van der Waals surface area contributed by atoms with Crippen molar-refractivity contribution in [1.82, 2.24) is 0 Å². The lowest BCUT2D eigenvalue weighted by Crippen LogP contribution is -1.84. The molecule has 14 heavy (non-hydrogen) atoms. The molecule has 0 fully saturated rings. The van der Waals surface area contributed by atoms with Crippen molar-refractivity contribution in [3.05, 3.63) is 47.4 Å². The van der Waals surface area contributed by atoms with Crippen molar-refractivity contribution < 1.29 is 0 Å². The molecule has 1 nitrogen and oxygen atoms in total. The van der Waals surface area contributed by atoms with E-state index in [0.717, 1.165) is 4.90 Å². The van der Waals surface area contributed by atoms with Gasteiger partial charge in [-0.15, -0.1) is 0 Å². The fourth-order valence-corrected chi connectivity index (χ4v) is 2.90. The minimum atomic E-state index is -0.434. The van der Waals surface area contributed by atoms with E-state index in [9.17, 15) is 0 Å². The third-order valence-corrected chi connectivity index (χ3v) is 3.78. The number of nitrogens with one attached hydrogen (secondary N) is 1. The Balaban J connectivity index is 2.49. The van der Waals surface area contributed by atoms with E-state index in [1.54, 1.807) is 0 Å². The van der Waals surface area contributed by atoms with E-state index >= 15 is 0 Å². The Morgan fingerprint density at radius 2 is 1.86 bits per heavy atom. The standard InChI is InChI=1S/C12H9NS/c13-14-8-7-11-10-4-2-1-3-9(10)5-6-12(11)14/h1-8,13H. The molecule has 2 heteroatoms. The van der Waals surface area contributed by atoms with Crippen molar-refractivity contribution in [3.63, 3.8) is 0 Å². The first-order valence-corrected chi connectivity index (χ1v) is 5.79. The molecule has 0 aromatic heterocycles. The summed E-state index contributed by atoms with van der Waals surface area (Å²) in [5.41, 5.74) is 1.24. The first-order chi connectivity index (χ1) is 6.86. The molecule has 0 spiro atoms. The van der Waals surface area contributed by atoms with Gasteiger partial charge in [0.1, 0.15) is 0 Å². The molecular formula is C12H9NS. The minimum absolute atomic E-state index is 0.434. The summed E-state index contributed by atoms with van der Waals surface area (Å²) in [6.45, 7) is 0. The molecule has 0 aliphatic carbocycles. The van der Waals surface area contributed by atoms with Crippen molar-refractivity contribution in [2.24, 2.45) is 0 Å². The average Bonchev–Trinajstić information content (AvgIpc) is 2.61. The van der Waals surface area contributed by atoms with Crippen LogP contribution < -0.4 is 0 Å². The van der Waals surface area contributed by atoms with Crippen LogP contribution in [-0.4, -0.2) is 0 Å². The van der Waals surface area contributed by atoms with Crippen LogP contribution in [0.15, 0.2) is 46.7 Å².